The molecular weight excluding hydrogens is 620 g/mol. The summed E-state index contributed by atoms with van der Waals surface area (Å²) in [6.45, 7) is 0. The number of nitrogens with zero attached hydrogens (tertiary/aromatic N) is 7. The summed E-state index contributed by atoms with van der Waals surface area (Å²) in [7, 11) is 0. The summed E-state index contributed by atoms with van der Waals surface area (Å²) in [4.78, 5) is 27.4. The molecule has 4 N–H and O–H groups in total. The standard InChI is InChI=1S/C21H15Br2ClN10O2/c22-13-4-12(18(35)16(24)5-13)7-28-33-21-30-19(36)17(31-34-21)3-11-1-2-15(25-6-11)10-29-32-20-26-8-14(23)9-27-20/h1-2,4-10,35H,3H2,(H,26,27,32)(H2,30,33,34,36)/b28-7+,29-10+. The van der Waals surface area contributed by atoms with Gasteiger partial charge in [-0.15, -0.1) is 10.2 Å². The second-order valence-electron chi connectivity index (χ2n) is 7.01. The van der Waals surface area contributed by atoms with Crippen LogP contribution >= 0.6 is 43.5 Å². The number of rotatable bonds is 8. The molecule has 0 fully saturated rings. The quantitative estimate of drug-likeness (QED) is 0.167. The highest BCUT2D eigenvalue weighted by Crippen LogP contribution is 2.30. The van der Waals surface area contributed by atoms with E-state index in [1.807, 2.05) is 0 Å². The van der Waals surface area contributed by atoms with Gasteiger partial charge in [-0.25, -0.2) is 20.8 Å². The van der Waals surface area contributed by atoms with E-state index in [1.165, 1.54) is 12.4 Å². The third-order valence-electron chi connectivity index (χ3n) is 4.40. The summed E-state index contributed by atoms with van der Waals surface area (Å²) in [5, 5.41) is 26.0. The minimum Gasteiger partial charge on any atom is -0.506 e. The lowest BCUT2D eigenvalue weighted by Crippen LogP contribution is -2.19. The van der Waals surface area contributed by atoms with Gasteiger partial charge in [0, 0.05) is 35.0 Å². The van der Waals surface area contributed by atoms with Gasteiger partial charge < -0.3 is 5.11 Å². The van der Waals surface area contributed by atoms with Crippen LogP contribution in [-0.4, -0.2) is 47.7 Å². The molecule has 3 heterocycles. The average Bonchev–Trinajstić information content (AvgIpc) is 2.86. The number of benzene rings is 1. The first-order valence-electron chi connectivity index (χ1n) is 10.0. The van der Waals surface area contributed by atoms with Crippen LogP contribution in [0.2, 0.25) is 5.02 Å². The summed E-state index contributed by atoms with van der Waals surface area (Å²) in [5.74, 6) is 0.261. The second kappa shape index (κ2) is 11.8. The van der Waals surface area contributed by atoms with Crippen LogP contribution < -0.4 is 16.4 Å². The van der Waals surface area contributed by atoms with Crippen molar-refractivity contribution < 1.29 is 5.11 Å². The van der Waals surface area contributed by atoms with E-state index in [0.29, 0.717) is 21.7 Å². The zero-order valence-electron chi connectivity index (χ0n) is 18.0. The molecule has 0 aliphatic rings. The molecule has 15 heteroatoms. The lowest BCUT2D eigenvalue weighted by Gasteiger charge is -2.04. The van der Waals surface area contributed by atoms with Gasteiger partial charge >= 0.3 is 0 Å². The normalized spacial score (nSPS) is 11.3. The summed E-state index contributed by atoms with van der Waals surface area (Å²) >= 11 is 12.5. The number of anilines is 2. The first-order chi connectivity index (χ1) is 17.4. The van der Waals surface area contributed by atoms with Crippen LogP contribution in [0.5, 0.6) is 5.75 Å². The fraction of sp³-hybridized carbons (Fsp3) is 0.0476. The number of nitrogens with one attached hydrogen (secondary N) is 3. The summed E-state index contributed by atoms with van der Waals surface area (Å²) in [5.41, 5.74) is 6.77. The van der Waals surface area contributed by atoms with Gasteiger partial charge in [0.25, 0.3) is 5.56 Å². The number of aromatic hydroxyl groups is 1. The van der Waals surface area contributed by atoms with Gasteiger partial charge in [0.05, 0.1) is 27.6 Å². The fourth-order valence-electron chi connectivity index (χ4n) is 2.71. The van der Waals surface area contributed by atoms with Crippen molar-refractivity contribution in [1.82, 2.24) is 30.1 Å². The largest absolute Gasteiger partial charge is 0.506 e. The van der Waals surface area contributed by atoms with Crippen LogP contribution in [0.4, 0.5) is 11.9 Å². The third kappa shape index (κ3) is 6.90. The van der Waals surface area contributed by atoms with Gasteiger partial charge in [-0.05, 0) is 39.7 Å². The molecule has 0 saturated heterocycles. The number of aromatic amines is 1. The van der Waals surface area contributed by atoms with Crippen molar-refractivity contribution in [3.8, 4) is 5.75 Å². The van der Waals surface area contributed by atoms with Gasteiger partial charge in [-0.1, -0.05) is 33.6 Å². The number of H-pyrrole nitrogens is 1. The van der Waals surface area contributed by atoms with Crippen molar-refractivity contribution in [1.29, 1.82) is 0 Å². The topological polar surface area (TPSA) is 166 Å². The Morgan fingerprint density at radius 3 is 2.50 bits per heavy atom. The number of halogens is 3. The van der Waals surface area contributed by atoms with Crippen molar-refractivity contribution in [2.45, 2.75) is 6.42 Å². The van der Waals surface area contributed by atoms with Crippen LogP contribution in [0.3, 0.4) is 0 Å². The maximum Gasteiger partial charge on any atom is 0.274 e. The number of phenolic OH excluding ortho intramolecular Hbond substituents is 1. The average molecular weight is 635 g/mol. The molecule has 0 aliphatic carbocycles. The summed E-state index contributed by atoms with van der Waals surface area (Å²) < 4.78 is 1.44. The molecule has 0 radical (unpaired) electrons. The third-order valence-corrected chi connectivity index (χ3v) is 5.55. The van der Waals surface area contributed by atoms with E-state index < -0.39 is 5.56 Å². The molecule has 0 atom stereocenters. The predicted molar refractivity (Wildman–Crippen MR) is 143 cm³/mol. The molecule has 4 rings (SSSR count). The summed E-state index contributed by atoms with van der Waals surface area (Å²) in [6.07, 6.45) is 7.90. The Hall–Kier alpha value is -3.75. The highest BCUT2D eigenvalue weighted by Gasteiger charge is 2.08. The first kappa shape index (κ1) is 25.3. The minimum atomic E-state index is -0.430. The Morgan fingerprint density at radius 1 is 1.00 bits per heavy atom. The lowest BCUT2D eigenvalue weighted by molar-refractivity contribution is 0.474. The molecule has 4 aromatic rings. The molecule has 0 unspecified atom stereocenters. The number of aromatic nitrogens is 6. The molecular formula is C21H15Br2ClN10O2. The molecule has 3 aromatic heterocycles. The number of hydrogen-bond acceptors (Lipinski definition) is 11. The highest BCUT2D eigenvalue weighted by atomic mass is 79.9. The van der Waals surface area contributed by atoms with E-state index >= 15 is 0 Å². The van der Waals surface area contributed by atoms with E-state index in [9.17, 15) is 9.90 Å². The number of pyridine rings is 1. The Kier molecular flexibility index (Phi) is 8.30. The molecule has 12 nitrogen and oxygen atoms in total. The van der Waals surface area contributed by atoms with Crippen molar-refractivity contribution in [2.75, 3.05) is 10.9 Å². The van der Waals surface area contributed by atoms with Crippen LogP contribution in [0.25, 0.3) is 0 Å². The fourth-order valence-corrected chi connectivity index (χ4v) is 3.75. The molecule has 1 aromatic carbocycles. The van der Waals surface area contributed by atoms with Gasteiger partial charge in [0.1, 0.15) is 11.4 Å². The van der Waals surface area contributed by atoms with E-state index in [-0.39, 0.29) is 28.8 Å². The molecule has 0 amide bonds. The zero-order valence-corrected chi connectivity index (χ0v) is 22.0. The van der Waals surface area contributed by atoms with Crippen LogP contribution in [-0.2, 0) is 6.42 Å². The molecule has 0 spiro atoms. The van der Waals surface area contributed by atoms with Gasteiger partial charge in [-0.3, -0.25) is 14.8 Å². The van der Waals surface area contributed by atoms with E-state index in [2.05, 4.69) is 83.0 Å². The highest BCUT2D eigenvalue weighted by molar-refractivity contribution is 9.10. The maximum absolute atomic E-state index is 12.4. The Balaban J connectivity index is 1.34. The number of hydrazone groups is 2. The van der Waals surface area contributed by atoms with E-state index in [4.69, 9.17) is 11.6 Å². The maximum atomic E-state index is 12.4. The SMILES string of the molecule is O=c1[nH]c(N/N=C/c2cc(Br)cc(Cl)c2O)nnc1Cc1ccc(/C=N/Nc2ncc(Br)cn2)nc1. The number of phenols is 1. The Labute approximate surface area is 225 Å². The van der Waals surface area contributed by atoms with Crippen molar-refractivity contribution in [3.63, 3.8) is 0 Å². The van der Waals surface area contributed by atoms with Crippen LogP contribution in [0.1, 0.15) is 22.5 Å². The lowest BCUT2D eigenvalue weighted by atomic mass is 10.1. The van der Waals surface area contributed by atoms with Gasteiger partial charge in [0.2, 0.25) is 11.9 Å². The smallest absolute Gasteiger partial charge is 0.274 e. The number of hydrogen-bond donors (Lipinski definition) is 4. The zero-order chi connectivity index (χ0) is 25.5. The molecule has 182 valence electrons. The van der Waals surface area contributed by atoms with Crippen molar-refractivity contribution >= 4 is 67.8 Å². The summed E-state index contributed by atoms with van der Waals surface area (Å²) in [6, 6.07) is 6.73. The minimum absolute atomic E-state index is 0.0347. The first-order valence-corrected chi connectivity index (χ1v) is 12.0. The van der Waals surface area contributed by atoms with Crippen LogP contribution in [0.15, 0.2) is 66.8 Å². The van der Waals surface area contributed by atoms with Crippen LogP contribution in [0, 0.1) is 0 Å². The van der Waals surface area contributed by atoms with E-state index in [0.717, 1.165) is 10.0 Å². The van der Waals surface area contributed by atoms with Gasteiger partial charge in [0.15, 0.2) is 0 Å². The molecule has 36 heavy (non-hydrogen) atoms. The predicted octanol–water partition coefficient (Wildman–Crippen LogP) is 3.72. The molecule has 0 bridgehead atoms. The monoisotopic (exact) mass is 632 g/mol. The molecule has 0 saturated carbocycles. The Morgan fingerprint density at radius 2 is 1.78 bits per heavy atom. The van der Waals surface area contributed by atoms with Crippen molar-refractivity contribution in [2.24, 2.45) is 10.2 Å². The second-order valence-corrected chi connectivity index (χ2v) is 9.25. The Bertz CT molecular complexity index is 1480. The van der Waals surface area contributed by atoms with E-state index in [1.54, 1.807) is 42.9 Å². The molecule has 0 aliphatic heterocycles. The van der Waals surface area contributed by atoms with Gasteiger partial charge in [-0.2, -0.15) is 10.2 Å². The van der Waals surface area contributed by atoms with Crippen molar-refractivity contribution in [3.05, 3.63) is 89.7 Å².